The van der Waals surface area contributed by atoms with Gasteiger partial charge in [-0.15, -0.1) is 0 Å². The summed E-state index contributed by atoms with van der Waals surface area (Å²) in [5.41, 5.74) is -0.296. The van der Waals surface area contributed by atoms with E-state index in [1.807, 2.05) is 32.9 Å². The molecule has 3 rings (SSSR count). The smallest absolute Gasteiger partial charge is 0.415 e. The van der Waals surface area contributed by atoms with Crippen LogP contribution in [-0.2, 0) is 19.7 Å². The Kier molecular flexibility index (Phi) is 11.5. The second-order valence-corrected chi connectivity index (χ2v) is 13.0. The summed E-state index contributed by atoms with van der Waals surface area (Å²) >= 11 is 0. The van der Waals surface area contributed by atoms with Crippen molar-refractivity contribution in [2.75, 3.05) is 19.7 Å². The molecule has 2 atom stereocenters. The van der Waals surface area contributed by atoms with Crippen LogP contribution in [0, 0.1) is 29.2 Å². The van der Waals surface area contributed by atoms with Gasteiger partial charge in [0.2, 0.25) is 17.5 Å². The number of hydrogen-bond donors (Lipinski definition) is 2. The first kappa shape index (κ1) is 35.6. The van der Waals surface area contributed by atoms with Crippen LogP contribution in [-0.4, -0.2) is 65.4 Å². The number of aliphatic hydroxyl groups excluding tert-OH is 1. The fraction of sp³-hybridized carbons (Fsp3) is 0.531. The minimum absolute atomic E-state index is 0.00921. The van der Waals surface area contributed by atoms with Crippen LogP contribution in [0.5, 0.6) is 11.5 Å². The number of halogens is 4. The number of rotatable bonds is 9. The highest BCUT2D eigenvalue weighted by Gasteiger charge is 2.34. The van der Waals surface area contributed by atoms with Gasteiger partial charge in [-0.3, -0.25) is 9.59 Å². The molecule has 0 spiro atoms. The van der Waals surface area contributed by atoms with Crippen LogP contribution < -0.4 is 14.8 Å². The van der Waals surface area contributed by atoms with Crippen LogP contribution in [0.4, 0.5) is 22.4 Å². The number of nitrogens with zero attached hydrogens (tertiary/aromatic N) is 1. The Hall–Kier alpha value is -3.87. The molecular weight excluding hydrogens is 600 g/mol. The third kappa shape index (κ3) is 9.81. The van der Waals surface area contributed by atoms with Crippen LogP contribution in [0.15, 0.2) is 30.3 Å². The predicted octanol–water partition coefficient (Wildman–Crippen LogP) is 5.41. The molecule has 0 bridgehead atoms. The fourth-order valence-corrected chi connectivity index (χ4v) is 4.77. The minimum Gasteiger partial charge on any atom is -0.485 e. The van der Waals surface area contributed by atoms with Gasteiger partial charge in [0.15, 0.2) is 17.4 Å². The van der Waals surface area contributed by atoms with Gasteiger partial charge < -0.3 is 29.5 Å². The Bertz CT molecular complexity index is 1360. The minimum atomic E-state index is -1.80. The van der Waals surface area contributed by atoms with E-state index >= 15 is 0 Å². The van der Waals surface area contributed by atoms with E-state index in [0.29, 0.717) is 5.75 Å². The van der Waals surface area contributed by atoms with Gasteiger partial charge in [0.1, 0.15) is 24.1 Å². The molecule has 1 unspecified atom stereocenters. The lowest BCUT2D eigenvalue weighted by atomic mass is 9.86. The summed E-state index contributed by atoms with van der Waals surface area (Å²) in [5.74, 6) is -9.93. The Morgan fingerprint density at radius 3 is 2.11 bits per heavy atom. The number of likely N-dealkylation sites (tertiary alicyclic amines) is 1. The number of amides is 2. The molecule has 13 heteroatoms. The lowest BCUT2D eigenvalue weighted by Crippen LogP contribution is -2.51. The monoisotopic (exact) mass is 640 g/mol. The quantitative estimate of drug-likeness (QED) is 0.214. The Morgan fingerprint density at radius 1 is 0.978 bits per heavy atom. The number of ether oxygens (including phenoxy) is 3. The summed E-state index contributed by atoms with van der Waals surface area (Å²) in [4.78, 5) is 40.1. The average molecular weight is 641 g/mol. The van der Waals surface area contributed by atoms with Gasteiger partial charge in [0.05, 0.1) is 12.5 Å². The molecule has 45 heavy (non-hydrogen) atoms. The molecule has 0 saturated carbocycles. The van der Waals surface area contributed by atoms with E-state index in [1.54, 1.807) is 32.9 Å². The third-order valence-corrected chi connectivity index (χ3v) is 7.08. The maximum Gasteiger partial charge on any atom is 0.415 e. The third-order valence-electron chi connectivity index (χ3n) is 7.08. The molecule has 0 aliphatic carbocycles. The lowest BCUT2D eigenvalue weighted by Gasteiger charge is -2.33. The van der Waals surface area contributed by atoms with Gasteiger partial charge in [-0.1, -0.05) is 39.0 Å². The zero-order chi connectivity index (χ0) is 33.7. The van der Waals surface area contributed by atoms with E-state index < -0.39 is 83.7 Å². The van der Waals surface area contributed by atoms with Crippen LogP contribution in [0.2, 0.25) is 0 Å². The summed E-state index contributed by atoms with van der Waals surface area (Å²) in [6, 6.07) is 5.88. The molecule has 0 radical (unpaired) electrons. The number of hydrogen-bond acceptors (Lipinski definition) is 7. The number of benzene rings is 2. The molecule has 0 aromatic heterocycles. The van der Waals surface area contributed by atoms with Crippen molar-refractivity contribution in [3.05, 3.63) is 59.2 Å². The molecule has 2 N–H and O–H groups in total. The molecule has 1 fully saturated rings. The summed E-state index contributed by atoms with van der Waals surface area (Å²) in [5, 5.41) is 13.3. The van der Waals surface area contributed by atoms with Gasteiger partial charge in [0, 0.05) is 30.6 Å². The molecule has 1 aliphatic rings. The van der Waals surface area contributed by atoms with E-state index in [-0.39, 0.29) is 37.4 Å². The normalized spacial score (nSPS) is 15.7. The number of aliphatic hydroxyl groups is 1. The largest absolute Gasteiger partial charge is 0.485 e. The Labute approximate surface area is 259 Å². The zero-order valence-electron chi connectivity index (χ0n) is 26.2. The van der Waals surface area contributed by atoms with Crippen molar-refractivity contribution in [3.63, 3.8) is 0 Å². The second kappa shape index (κ2) is 14.5. The molecule has 2 aromatic carbocycles. The Balaban J connectivity index is 1.65. The molecule has 2 aromatic rings. The lowest BCUT2D eigenvalue weighted by molar-refractivity contribution is -0.156. The second-order valence-electron chi connectivity index (χ2n) is 13.0. The highest BCUT2D eigenvalue weighted by molar-refractivity contribution is 5.81. The Morgan fingerprint density at radius 2 is 1.56 bits per heavy atom. The van der Waals surface area contributed by atoms with Crippen molar-refractivity contribution in [2.45, 2.75) is 84.0 Å². The number of carbonyl (C=O) groups is 3. The maximum atomic E-state index is 14.1. The number of nitrogens with one attached hydrogen (secondary N) is 1. The summed E-state index contributed by atoms with van der Waals surface area (Å²) in [6.45, 7) is 10.3. The first-order valence-electron chi connectivity index (χ1n) is 14.6. The van der Waals surface area contributed by atoms with Crippen LogP contribution in [0.25, 0.3) is 0 Å². The zero-order valence-corrected chi connectivity index (χ0v) is 26.2. The van der Waals surface area contributed by atoms with Crippen molar-refractivity contribution >= 4 is 18.0 Å². The summed E-state index contributed by atoms with van der Waals surface area (Å²) in [6.07, 6.45) is -2.37. The van der Waals surface area contributed by atoms with E-state index in [4.69, 9.17) is 14.2 Å². The first-order valence-corrected chi connectivity index (χ1v) is 14.6. The molecule has 2 amide bonds. The predicted molar refractivity (Wildman–Crippen MR) is 156 cm³/mol. The van der Waals surface area contributed by atoms with Crippen LogP contribution >= 0.6 is 0 Å². The van der Waals surface area contributed by atoms with Crippen molar-refractivity contribution in [2.24, 2.45) is 5.92 Å². The van der Waals surface area contributed by atoms with Gasteiger partial charge >= 0.3 is 12.1 Å². The topological polar surface area (TPSA) is 114 Å². The van der Waals surface area contributed by atoms with Crippen molar-refractivity contribution in [1.82, 2.24) is 10.2 Å². The van der Waals surface area contributed by atoms with Gasteiger partial charge in [-0.25, -0.2) is 13.6 Å². The molecule has 1 heterocycles. The van der Waals surface area contributed by atoms with Crippen molar-refractivity contribution in [3.8, 4) is 11.5 Å². The highest BCUT2D eigenvalue weighted by Crippen LogP contribution is 2.32. The number of piperidine rings is 1. The van der Waals surface area contributed by atoms with Crippen molar-refractivity contribution < 1.29 is 51.3 Å². The van der Waals surface area contributed by atoms with E-state index in [0.717, 1.165) is 5.56 Å². The molecule has 248 valence electrons. The van der Waals surface area contributed by atoms with Crippen LogP contribution in [0.1, 0.15) is 66.4 Å². The van der Waals surface area contributed by atoms with E-state index in [9.17, 15) is 37.1 Å². The average Bonchev–Trinajstić information content (AvgIpc) is 2.94. The standard InChI is InChI=1S/C32H40F4N2O7/c1-31(2,3)19-9-7-8-10-24(19)44-30(42)38-13-11-18(12-14-38)29(41)37-22(16-25(40)45-32(4,5)6)23(39)17-43-28-26(35)20(33)15-21(34)27(28)36/h7-10,15,18,22-23,39H,11-14,16-17H2,1-6H3,(H,37,41)/t22-,23?/m0/s1. The van der Waals surface area contributed by atoms with E-state index in [2.05, 4.69) is 5.32 Å². The first-order chi connectivity index (χ1) is 20.9. The molecular formula is C32H40F4N2O7. The fourth-order valence-electron chi connectivity index (χ4n) is 4.77. The maximum absolute atomic E-state index is 14.1. The van der Waals surface area contributed by atoms with Gasteiger partial charge in [-0.05, 0) is 45.1 Å². The summed E-state index contributed by atoms with van der Waals surface area (Å²) in [7, 11) is 0. The summed E-state index contributed by atoms with van der Waals surface area (Å²) < 4.78 is 71.1. The number of para-hydroxylation sites is 1. The number of carbonyl (C=O) groups excluding carboxylic acids is 3. The van der Waals surface area contributed by atoms with E-state index in [1.165, 1.54) is 4.90 Å². The van der Waals surface area contributed by atoms with Gasteiger partial charge in [0.25, 0.3) is 0 Å². The van der Waals surface area contributed by atoms with Crippen molar-refractivity contribution in [1.29, 1.82) is 0 Å². The number of esters is 1. The molecule has 1 saturated heterocycles. The highest BCUT2D eigenvalue weighted by atomic mass is 19.2. The SMILES string of the molecule is CC(C)(C)OC(=O)C[C@H](NC(=O)C1CCN(C(=O)Oc2ccccc2C(C)(C)C)CC1)C(O)COc1c(F)c(F)cc(F)c1F. The van der Waals surface area contributed by atoms with Gasteiger partial charge in [-0.2, -0.15) is 8.78 Å². The molecule has 9 nitrogen and oxygen atoms in total. The molecule has 1 aliphatic heterocycles. The van der Waals surface area contributed by atoms with Crippen LogP contribution in [0.3, 0.4) is 0 Å².